The van der Waals surface area contributed by atoms with Crippen molar-refractivity contribution in [2.24, 2.45) is 11.8 Å². The number of hydrogen-bond donors (Lipinski definition) is 0. The summed E-state index contributed by atoms with van der Waals surface area (Å²) in [7, 11) is 0. The number of nitrogens with zero attached hydrogens (tertiary/aromatic N) is 4. The first kappa shape index (κ1) is 18.9. The van der Waals surface area contributed by atoms with Gasteiger partial charge in [0.1, 0.15) is 0 Å². The van der Waals surface area contributed by atoms with E-state index in [-0.39, 0.29) is 16.5 Å². The van der Waals surface area contributed by atoms with E-state index in [1.165, 1.54) is 4.57 Å². The zero-order valence-electron chi connectivity index (χ0n) is 17.1. The fourth-order valence-electron chi connectivity index (χ4n) is 4.45. The van der Waals surface area contributed by atoms with Crippen LogP contribution in [0, 0.1) is 11.8 Å². The summed E-state index contributed by atoms with van der Waals surface area (Å²) in [6.07, 6.45) is 4.37. The standard InChI is InChI=1S/C24H23ClN4O2/c25-23-26-21-20(27(23)14-18-6-3-5-17-4-1-2-7-19(17)18)22(30)29(13-16-10-11-16)24(31)28(21)12-15-8-9-15/h1-7,15-16H,8-14H2. The van der Waals surface area contributed by atoms with Gasteiger partial charge in [0.05, 0.1) is 6.54 Å². The molecule has 2 aromatic carbocycles. The molecule has 0 spiro atoms. The van der Waals surface area contributed by atoms with Gasteiger partial charge in [-0.1, -0.05) is 42.5 Å². The molecule has 158 valence electrons. The van der Waals surface area contributed by atoms with E-state index in [1.807, 2.05) is 24.3 Å². The van der Waals surface area contributed by atoms with E-state index in [4.69, 9.17) is 11.6 Å². The lowest BCUT2D eigenvalue weighted by molar-refractivity contribution is 0.519. The third-order valence-electron chi connectivity index (χ3n) is 6.55. The lowest BCUT2D eigenvalue weighted by Gasteiger charge is -2.13. The first-order chi connectivity index (χ1) is 15.1. The van der Waals surface area contributed by atoms with Crippen LogP contribution in [0.1, 0.15) is 31.2 Å². The summed E-state index contributed by atoms with van der Waals surface area (Å²) in [4.78, 5) is 31.2. The number of benzene rings is 2. The monoisotopic (exact) mass is 434 g/mol. The van der Waals surface area contributed by atoms with Crippen molar-refractivity contribution in [2.45, 2.75) is 45.3 Å². The lowest BCUT2D eigenvalue weighted by atomic mass is 10.0. The second kappa shape index (κ2) is 7.09. The lowest BCUT2D eigenvalue weighted by Crippen LogP contribution is -2.41. The molecule has 2 heterocycles. The first-order valence-corrected chi connectivity index (χ1v) is 11.3. The highest BCUT2D eigenvalue weighted by molar-refractivity contribution is 6.29. The van der Waals surface area contributed by atoms with Crippen LogP contribution in [0.4, 0.5) is 0 Å². The van der Waals surface area contributed by atoms with Crippen LogP contribution < -0.4 is 11.2 Å². The molecule has 0 radical (unpaired) electrons. The molecule has 6 nitrogen and oxygen atoms in total. The van der Waals surface area contributed by atoms with E-state index in [2.05, 4.69) is 23.2 Å². The van der Waals surface area contributed by atoms with Crippen LogP contribution in [0.25, 0.3) is 21.9 Å². The molecule has 0 unspecified atom stereocenters. The molecule has 4 aromatic rings. The van der Waals surface area contributed by atoms with Crippen LogP contribution in [-0.4, -0.2) is 18.7 Å². The Kier molecular flexibility index (Phi) is 4.32. The van der Waals surface area contributed by atoms with Crippen molar-refractivity contribution in [1.29, 1.82) is 0 Å². The maximum atomic E-state index is 13.5. The topological polar surface area (TPSA) is 61.8 Å². The largest absolute Gasteiger partial charge is 0.332 e. The Morgan fingerprint density at radius 3 is 2.29 bits per heavy atom. The van der Waals surface area contributed by atoms with Gasteiger partial charge in [-0.2, -0.15) is 4.98 Å². The van der Waals surface area contributed by atoms with Crippen molar-refractivity contribution in [1.82, 2.24) is 18.7 Å². The molecular weight excluding hydrogens is 412 g/mol. The summed E-state index contributed by atoms with van der Waals surface area (Å²) in [5.74, 6) is 0.900. The van der Waals surface area contributed by atoms with Crippen LogP contribution in [0.15, 0.2) is 52.1 Å². The maximum Gasteiger partial charge on any atom is 0.332 e. The van der Waals surface area contributed by atoms with E-state index in [0.29, 0.717) is 42.6 Å². The molecule has 0 atom stereocenters. The molecule has 31 heavy (non-hydrogen) atoms. The summed E-state index contributed by atoms with van der Waals surface area (Å²) < 4.78 is 4.87. The number of aromatic nitrogens is 4. The SMILES string of the molecule is O=c1c2c(nc(Cl)n2Cc2cccc3ccccc23)n(CC2CC2)c(=O)n1CC1CC1. The Bertz CT molecular complexity index is 1430. The molecule has 0 saturated heterocycles. The van der Waals surface area contributed by atoms with E-state index >= 15 is 0 Å². The van der Waals surface area contributed by atoms with Gasteiger partial charge in [-0.05, 0) is 65.5 Å². The summed E-state index contributed by atoms with van der Waals surface area (Å²) >= 11 is 6.58. The minimum Gasteiger partial charge on any atom is -0.304 e. The molecule has 0 bridgehead atoms. The van der Waals surface area contributed by atoms with Gasteiger partial charge in [-0.25, -0.2) is 4.79 Å². The molecule has 7 heteroatoms. The van der Waals surface area contributed by atoms with Gasteiger partial charge in [-0.3, -0.25) is 13.9 Å². The second-order valence-electron chi connectivity index (χ2n) is 8.97. The highest BCUT2D eigenvalue weighted by Crippen LogP contribution is 2.32. The number of hydrogen-bond acceptors (Lipinski definition) is 3. The summed E-state index contributed by atoms with van der Waals surface area (Å²) in [5.41, 5.74) is 1.38. The van der Waals surface area contributed by atoms with Crippen molar-refractivity contribution in [2.75, 3.05) is 0 Å². The summed E-state index contributed by atoms with van der Waals surface area (Å²) in [6.45, 7) is 1.51. The van der Waals surface area contributed by atoms with Crippen molar-refractivity contribution in [3.05, 3.63) is 74.1 Å². The van der Waals surface area contributed by atoms with Crippen molar-refractivity contribution < 1.29 is 0 Å². The molecule has 6 rings (SSSR count). The molecule has 0 amide bonds. The van der Waals surface area contributed by atoms with E-state index in [9.17, 15) is 9.59 Å². The molecule has 2 aliphatic carbocycles. The Balaban J connectivity index is 1.56. The Morgan fingerprint density at radius 1 is 0.871 bits per heavy atom. The van der Waals surface area contributed by atoms with Gasteiger partial charge in [-0.15, -0.1) is 0 Å². The van der Waals surface area contributed by atoms with E-state index in [1.54, 1.807) is 9.13 Å². The van der Waals surface area contributed by atoms with E-state index in [0.717, 1.165) is 42.0 Å². The van der Waals surface area contributed by atoms with Gasteiger partial charge >= 0.3 is 5.69 Å². The smallest absolute Gasteiger partial charge is 0.304 e. The normalized spacial score (nSPS) is 16.4. The molecule has 0 N–H and O–H groups in total. The number of fused-ring (bicyclic) bond motifs is 2. The molecule has 2 saturated carbocycles. The number of rotatable bonds is 6. The minimum atomic E-state index is -0.279. The minimum absolute atomic E-state index is 0.244. The summed E-state index contributed by atoms with van der Waals surface area (Å²) in [6, 6.07) is 14.3. The van der Waals surface area contributed by atoms with Crippen LogP contribution in [0.2, 0.25) is 5.28 Å². The quantitative estimate of drug-likeness (QED) is 0.430. The van der Waals surface area contributed by atoms with Crippen LogP contribution in [0.5, 0.6) is 0 Å². The maximum absolute atomic E-state index is 13.5. The highest BCUT2D eigenvalue weighted by Gasteiger charge is 2.29. The fourth-order valence-corrected chi connectivity index (χ4v) is 4.68. The number of halogens is 1. The predicted octanol–water partition coefficient (Wildman–Crippen LogP) is 4.03. The third kappa shape index (κ3) is 3.30. The third-order valence-corrected chi connectivity index (χ3v) is 6.84. The van der Waals surface area contributed by atoms with Gasteiger partial charge < -0.3 is 4.57 Å². The zero-order valence-corrected chi connectivity index (χ0v) is 17.9. The van der Waals surface area contributed by atoms with Crippen molar-refractivity contribution in [3.8, 4) is 0 Å². The Hall–Kier alpha value is -2.86. The summed E-state index contributed by atoms with van der Waals surface area (Å²) in [5, 5.41) is 2.50. The zero-order chi connectivity index (χ0) is 21.1. The second-order valence-corrected chi connectivity index (χ2v) is 9.31. The van der Waals surface area contributed by atoms with Gasteiger partial charge in [0.2, 0.25) is 5.28 Å². The van der Waals surface area contributed by atoms with Gasteiger partial charge in [0.15, 0.2) is 11.2 Å². The van der Waals surface area contributed by atoms with Crippen LogP contribution in [0.3, 0.4) is 0 Å². The van der Waals surface area contributed by atoms with Gasteiger partial charge in [0.25, 0.3) is 5.56 Å². The first-order valence-electron chi connectivity index (χ1n) is 11.0. The van der Waals surface area contributed by atoms with Crippen molar-refractivity contribution >= 4 is 33.5 Å². The molecular formula is C24H23ClN4O2. The average molecular weight is 435 g/mol. The molecule has 0 aliphatic heterocycles. The fraction of sp³-hybridized carbons (Fsp3) is 0.375. The van der Waals surface area contributed by atoms with Crippen LogP contribution >= 0.6 is 11.6 Å². The Morgan fingerprint density at radius 2 is 1.55 bits per heavy atom. The Labute approximate surface area is 183 Å². The van der Waals surface area contributed by atoms with Gasteiger partial charge in [0, 0.05) is 13.1 Å². The molecule has 2 aromatic heterocycles. The average Bonchev–Trinajstić information content (AvgIpc) is 3.70. The highest BCUT2D eigenvalue weighted by atomic mass is 35.5. The van der Waals surface area contributed by atoms with Crippen molar-refractivity contribution in [3.63, 3.8) is 0 Å². The molecule has 2 fully saturated rings. The van der Waals surface area contributed by atoms with Crippen LogP contribution in [-0.2, 0) is 19.6 Å². The van der Waals surface area contributed by atoms with E-state index < -0.39 is 0 Å². The number of imidazole rings is 1. The predicted molar refractivity (Wildman–Crippen MR) is 122 cm³/mol. The molecule has 2 aliphatic rings.